The zero-order chi connectivity index (χ0) is 11.5. The molecule has 0 aliphatic carbocycles. The lowest BCUT2D eigenvalue weighted by atomic mass is 10.0. The Bertz CT molecular complexity index is 360. The van der Waals surface area contributed by atoms with Gasteiger partial charge in [-0.3, -0.25) is 4.90 Å². The molecule has 1 atom stereocenters. The van der Waals surface area contributed by atoms with Gasteiger partial charge in [0.2, 0.25) is 0 Å². The van der Waals surface area contributed by atoms with Gasteiger partial charge in [0.15, 0.2) is 0 Å². The number of nitrogens with zero attached hydrogens (tertiary/aromatic N) is 1. The number of rotatable bonds is 2. The van der Waals surface area contributed by atoms with Crippen molar-refractivity contribution in [2.75, 3.05) is 19.6 Å². The Morgan fingerprint density at radius 2 is 2.19 bits per heavy atom. The van der Waals surface area contributed by atoms with Crippen LogP contribution in [0.5, 0.6) is 0 Å². The molecule has 0 bridgehead atoms. The molecule has 0 amide bonds. The fraction of sp³-hybridized carbons (Fsp3) is 0.571. The van der Waals surface area contributed by atoms with E-state index in [0.717, 1.165) is 26.2 Å². The smallest absolute Gasteiger partial charge is 0.0237 e. The van der Waals surface area contributed by atoms with Gasteiger partial charge in [0.1, 0.15) is 0 Å². The molecule has 0 radical (unpaired) electrons. The van der Waals surface area contributed by atoms with E-state index < -0.39 is 0 Å². The van der Waals surface area contributed by atoms with E-state index in [4.69, 9.17) is 0 Å². The quantitative estimate of drug-likeness (QED) is 0.818. The molecule has 2 nitrogen and oxygen atoms in total. The molecule has 0 unspecified atom stereocenters. The van der Waals surface area contributed by atoms with Crippen LogP contribution in [-0.2, 0) is 6.54 Å². The maximum Gasteiger partial charge on any atom is 0.0237 e. The first-order chi connectivity index (χ1) is 7.66. The number of hydrogen-bond acceptors (Lipinski definition) is 2. The van der Waals surface area contributed by atoms with Crippen LogP contribution in [0.2, 0.25) is 0 Å². The summed E-state index contributed by atoms with van der Waals surface area (Å²) in [6.07, 6.45) is 0. The minimum absolute atomic E-state index is 0.624. The third kappa shape index (κ3) is 2.63. The van der Waals surface area contributed by atoms with Crippen LogP contribution in [-0.4, -0.2) is 30.6 Å². The van der Waals surface area contributed by atoms with Crippen LogP contribution in [0.25, 0.3) is 0 Å². The van der Waals surface area contributed by atoms with Gasteiger partial charge in [0.05, 0.1) is 0 Å². The fourth-order valence-electron chi connectivity index (χ4n) is 2.38. The Kier molecular flexibility index (Phi) is 3.62. The second kappa shape index (κ2) is 4.98. The van der Waals surface area contributed by atoms with E-state index in [1.54, 1.807) is 0 Å². The summed E-state index contributed by atoms with van der Waals surface area (Å²) in [5.74, 6) is 0. The van der Waals surface area contributed by atoms with Gasteiger partial charge in [-0.2, -0.15) is 0 Å². The van der Waals surface area contributed by atoms with Gasteiger partial charge in [-0.15, -0.1) is 0 Å². The molecule has 16 heavy (non-hydrogen) atoms. The molecule has 2 heteroatoms. The number of piperazine rings is 1. The number of benzene rings is 1. The zero-order valence-electron chi connectivity index (χ0n) is 10.6. The highest BCUT2D eigenvalue weighted by Gasteiger charge is 2.16. The van der Waals surface area contributed by atoms with E-state index in [1.807, 2.05) is 0 Å². The second-order valence-corrected chi connectivity index (χ2v) is 4.95. The number of hydrogen-bond donors (Lipinski definition) is 1. The highest BCUT2D eigenvalue weighted by Crippen LogP contribution is 2.15. The van der Waals surface area contributed by atoms with Crippen molar-refractivity contribution >= 4 is 0 Å². The van der Waals surface area contributed by atoms with Crippen LogP contribution in [0.1, 0.15) is 23.6 Å². The van der Waals surface area contributed by atoms with Gasteiger partial charge < -0.3 is 5.32 Å². The Labute approximate surface area is 98.7 Å². The van der Waals surface area contributed by atoms with Crippen molar-refractivity contribution in [1.29, 1.82) is 0 Å². The summed E-state index contributed by atoms with van der Waals surface area (Å²) in [6.45, 7) is 11.2. The first kappa shape index (κ1) is 11.6. The molecule has 0 spiro atoms. The molecule has 0 saturated carbocycles. The lowest BCUT2D eigenvalue weighted by Crippen LogP contribution is -2.48. The van der Waals surface area contributed by atoms with Crippen LogP contribution in [0.3, 0.4) is 0 Å². The molecule has 1 aliphatic heterocycles. The van der Waals surface area contributed by atoms with Crippen molar-refractivity contribution in [3.8, 4) is 0 Å². The summed E-state index contributed by atoms with van der Waals surface area (Å²) in [5.41, 5.74) is 4.34. The predicted octanol–water partition coefficient (Wildman–Crippen LogP) is 2.10. The molecular formula is C14H22N2. The zero-order valence-corrected chi connectivity index (χ0v) is 10.6. The normalized spacial score (nSPS) is 22.3. The summed E-state index contributed by atoms with van der Waals surface area (Å²) in [5, 5.41) is 3.48. The molecule has 1 N–H and O–H groups in total. The minimum atomic E-state index is 0.624. The summed E-state index contributed by atoms with van der Waals surface area (Å²) < 4.78 is 0. The number of nitrogens with one attached hydrogen (secondary N) is 1. The molecular weight excluding hydrogens is 196 g/mol. The molecule has 1 fully saturated rings. The third-order valence-corrected chi connectivity index (χ3v) is 3.56. The molecule has 2 rings (SSSR count). The second-order valence-electron chi connectivity index (χ2n) is 4.95. The Balaban J connectivity index is 2.05. The molecule has 1 heterocycles. The molecule has 1 aromatic carbocycles. The fourth-order valence-corrected chi connectivity index (χ4v) is 2.38. The molecule has 0 aromatic heterocycles. The standard InChI is InChI=1S/C14H22N2/c1-11-5-4-6-14(13(11)3)10-16-8-7-15-12(2)9-16/h4-6,12,15H,7-10H2,1-3H3/t12-/m0/s1. The van der Waals surface area contributed by atoms with Gasteiger partial charge in [0, 0.05) is 32.2 Å². The molecule has 88 valence electrons. The van der Waals surface area contributed by atoms with Crippen molar-refractivity contribution in [2.24, 2.45) is 0 Å². The highest BCUT2D eigenvalue weighted by atomic mass is 15.2. The summed E-state index contributed by atoms with van der Waals surface area (Å²) in [7, 11) is 0. The van der Waals surface area contributed by atoms with E-state index in [9.17, 15) is 0 Å². The molecule has 1 aliphatic rings. The maximum absolute atomic E-state index is 3.48. The van der Waals surface area contributed by atoms with Crippen LogP contribution >= 0.6 is 0 Å². The largest absolute Gasteiger partial charge is 0.312 e. The predicted molar refractivity (Wildman–Crippen MR) is 68.7 cm³/mol. The van der Waals surface area contributed by atoms with E-state index in [2.05, 4.69) is 49.2 Å². The van der Waals surface area contributed by atoms with Gasteiger partial charge in [-0.25, -0.2) is 0 Å². The van der Waals surface area contributed by atoms with E-state index in [0.29, 0.717) is 6.04 Å². The van der Waals surface area contributed by atoms with Crippen LogP contribution in [0.4, 0.5) is 0 Å². The van der Waals surface area contributed by atoms with Gasteiger partial charge >= 0.3 is 0 Å². The summed E-state index contributed by atoms with van der Waals surface area (Å²) >= 11 is 0. The van der Waals surface area contributed by atoms with E-state index in [-0.39, 0.29) is 0 Å². The van der Waals surface area contributed by atoms with Gasteiger partial charge in [-0.05, 0) is 37.5 Å². The minimum Gasteiger partial charge on any atom is -0.312 e. The SMILES string of the molecule is Cc1cccc(CN2CCN[C@@H](C)C2)c1C. The lowest BCUT2D eigenvalue weighted by molar-refractivity contribution is 0.199. The van der Waals surface area contributed by atoms with Crippen LogP contribution in [0.15, 0.2) is 18.2 Å². The molecule has 1 saturated heterocycles. The Morgan fingerprint density at radius 3 is 2.94 bits per heavy atom. The summed E-state index contributed by atoms with van der Waals surface area (Å²) in [4.78, 5) is 2.54. The first-order valence-corrected chi connectivity index (χ1v) is 6.17. The average Bonchev–Trinajstić information content (AvgIpc) is 2.25. The van der Waals surface area contributed by atoms with Crippen molar-refractivity contribution in [3.63, 3.8) is 0 Å². The highest BCUT2D eigenvalue weighted by molar-refractivity contribution is 5.33. The Hall–Kier alpha value is -0.860. The number of aryl methyl sites for hydroxylation is 1. The molecule has 1 aromatic rings. The van der Waals surface area contributed by atoms with E-state index in [1.165, 1.54) is 16.7 Å². The van der Waals surface area contributed by atoms with Crippen molar-refractivity contribution in [3.05, 3.63) is 34.9 Å². The summed E-state index contributed by atoms with van der Waals surface area (Å²) in [6, 6.07) is 7.25. The van der Waals surface area contributed by atoms with Crippen molar-refractivity contribution < 1.29 is 0 Å². The van der Waals surface area contributed by atoms with E-state index >= 15 is 0 Å². The first-order valence-electron chi connectivity index (χ1n) is 6.17. The Morgan fingerprint density at radius 1 is 1.38 bits per heavy atom. The third-order valence-electron chi connectivity index (χ3n) is 3.56. The maximum atomic E-state index is 3.48. The topological polar surface area (TPSA) is 15.3 Å². The van der Waals surface area contributed by atoms with Gasteiger partial charge in [-0.1, -0.05) is 18.2 Å². The van der Waals surface area contributed by atoms with Crippen LogP contribution in [0, 0.1) is 13.8 Å². The van der Waals surface area contributed by atoms with Gasteiger partial charge in [0.25, 0.3) is 0 Å². The lowest BCUT2D eigenvalue weighted by Gasteiger charge is -2.32. The average molecular weight is 218 g/mol. The monoisotopic (exact) mass is 218 g/mol. The van der Waals surface area contributed by atoms with Crippen molar-refractivity contribution in [2.45, 2.75) is 33.4 Å². The van der Waals surface area contributed by atoms with Crippen LogP contribution < -0.4 is 5.32 Å². The van der Waals surface area contributed by atoms with Crippen molar-refractivity contribution in [1.82, 2.24) is 10.2 Å².